The molecule has 4 rings (SSSR count). The Morgan fingerprint density at radius 1 is 1.00 bits per heavy atom. The molecule has 2 unspecified atom stereocenters. The normalized spacial score (nSPS) is 22.9. The number of hydrogen-bond acceptors (Lipinski definition) is 3. The van der Waals surface area contributed by atoms with Gasteiger partial charge in [-0.05, 0) is 18.7 Å². The first-order valence-electron chi connectivity index (χ1n) is 6.79. The Morgan fingerprint density at radius 2 is 1.70 bits per heavy atom. The van der Waals surface area contributed by atoms with Crippen LogP contribution < -0.4 is 5.32 Å². The van der Waals surface area contributed by atoms with Crippen LogP contribution in [0.3, 0.4) is 0 Å². The minimum Gasteiger partial charge on any atom is -0.312 e. The van der Waals surface area contributed by atoms with E-state index in [-0.39, 0.29) is 17.7 Å². The molecule has 3 nitrogen and oxygen atoms in total. The zero-order chi connectivity index (χ0) is 13.7. The number of nitrogens with zero attached hydrogens (tertiary/aromatic N) is 1. The molecule has 0 amide bonds. The van der Waals surface area contributed by atoms with Crippen LogP contribution in [0.4, 0.5) is 5.69 Å². The predicted molar refractivity (Wildman–Crippen MR) is 78.7 cm³/mol. The van der Waals surface area contributed by atoms with Crippen LogP contribution in [-0.4, -0.2) is 18.5 Å². The Morgan fingerprint density at radius 3 is 2.50 bits per heavy atom. The summed E-state index contributed by atoms with van der Waals surface area (Å²) in [7, 11) is 1.90. The molecule has 3 heteroatoms. The van der Waals surface area contributed by atoms with Crippen LogP contribution >= 0.6 is 0 Å². The maximum absolute atomic E-state index is 12.7. The summed E-state index contributed by atoms with van der Waals surface area (Å²) >= 11 is 0. The lowest BCUT2D eigenvalue weighted by Crippen LogP contribution is -2.34. The van der Waals surface area contributed by atoms with Gasteiger partial charge in [-0.25, -0.2) is 0 Å². The minimum atomic E-state index is -0.202. The fourth-order valence-corrected chi connectivity index (χ4v) is 3.30. The number of ketones is 1. The largest absolute Gasteiger partial charge is 0.312 e. The van der Waals surface area contributed by atoms with Gasteiger partial charge in [-0.15, -0.1) is 0 Å². The highest BCUT2D eigenvalue weighted by molar-refractivity contribution is 6.29. The lowest BCUT2D eigenvalue weighted by molar-refractivity contribution is 0.0942. The van der Waals surface area contributed by atoms with Crippen LogP contribution in [0, 0.1) is 5.92 Å². The van der Waals surface area contributed by atoms with Crippen molar-refractivity contribution in [3.8, 4) is 0 Å². The number of carbonyl (C=O) groups is 1. The van der Waals surface area contributed by atoms with E-state index in [9.17, 15) is 4.79 Å². The molecule has 2 aromatic carbocycles. The summed E-state index contributed by atoms with van der Waals surface area (Å²) in [5.74, 6) is -0.0273. The molecule has 1 aliphatic heterocycles. The molecule has 0 bridgehead atoms. The number of aliphatic imine (C=N–C) groups is 1. The molecular weight excluding hydrogens is 248 g/mol. The van der Waals surface area contributed by atoms with Crippen molar-refractivity contribution in [3.05, 3.63) is 65.2 Å². The lowest BCUT2D eigenvalue weighted by atomic mass is 9.85. The molecule has 1 N–H and O–H groups in total. The van der Waals surface area contributed by atoms with Gasteiger partial charge in [0.05, 0.1) is 17.3 Å². The highest BCUT2D eigenvalue weighted by Crippen LogP contribution is 2.43. The maximum atomic E-state index is 12.7. The number of para-hydroxylation sites is 1. The Balaban J connectivity index is 1.99. The molecule has 2 aliphatic rings. The van der Waals surface area contributed by atoms with E-state index in [4.69, 9.17) is 4.99 Å². The molecule has 0 aromatic heterocycles. The highest BCUT2D eigenvalue weighted by atomic mass is 16.1. The third kappa shape index (κ3) is 1.38. The summed E-state index contributed by atoms with van der Waals surface area (Å²) in [6, 6.07) is 15.8. The van der Waals surface area contributed by atoms with Crippen molar-refractivity contribution in [2.24, 2.45) is 10.9 Å². The number of rotatable bonds is 1. The summed E-state index contributed by atoms with van der Waals surface area (Å²) in [5.41, 5.74) is 4.75. The molecule has 2 aromatic rings. The highest BCUT2D eigenvalue weighted by Gasteiger charge is 2.44. The monoisotopic (exact) mass is 262 g/mol. The van der Waals surface area contributed by atoms with E-state index < -0.39 is 0 Å². The fourth-order valence-electron chi connectivity index (χ4n) is 3.30. The molecule has 1 heterocycles. The van der Waals surface area contributed by atoms with Crippen LogP contribution in [0.15, 0.2) is 53.5 Å². The zero-order valence-electron chi connectivity index (χ0n) is 11.1. The molecular formula is C17H14N2O. The van der Waals surface area contributed by atoms with Gasteiger partial charge in [-0.3, -0.25) is 9.79 Å². The van der Waals surface area contributed by atoms with Crippen LogP contribution in [0.25, 0.3) is 0 Å². The maximum Gasteiger partial charge on any atom is 0.174 e. The van der Waals surface area contributed by atoms with Crippen molar-refractivity contribution in [1.82, 2.24) is 5.32 Å². The third-order valence-electron chi connectivity index (χ3n) is 4.20. The first kappa shape index (κ1) is 11.6. The van der Waals surface area contributed by atoms with Gasteiger partial charge in [0.2, 0.25) is 0 Å². The van der Waals surface area contributed by atoms with Crippen molar-refractivity contribution >= 4 is 17.2 Å². The van der Waals surface area contributed by atoms with Crippen molar-refractivity contribution in [2.75, 3.05) is 7.05 Å². The summed E-state index contributed by atoms with van der Waals surface area (Å²) in [6.45, 7) is 0. The number of nitrogens with one attached hydrogen (secondary N) is 1. The van der Waals surface area contributed by atoms with Crippen molar-refractivity contribution in [1.29, 1.82) is 0 Å². The average Bonchev–Trinajstić information content (AvgIpc) is 2.79. The standard InChI is InChI=1S/C17H14N2O/c1-18-15-12-8-4-5-9-13(12)19-16-10-6-2-3-7-11(10)17(20)14(15)16/h2-9,14-15,18H,1H3. The van der Waals surface area contributed by atoms with Crippen LogP contribution in [0.1, 0.15) is 27.5 Å². The van der Waals surface area contributed by atoms with Gasteiger partial charge in [0, 0.05) is 17.2 Å². The second kappa shape index (κ2) is 4.12. The zero-order valence-corrected chi connectivity index (χ0v) is 11.1. The minimum absolute atomic E-state index is 0.00130. The quantitative estimate of drug-likeness (QED) is 0.858. The first-order chi connectivity index (χ1) is 9.81. The Kier molecular flexibility index (Phi) is 2.38. The second-order valence-electron chi connectivity index (χ2n) is 5.21. The van der Waals surface area contributed by atoms with Crippen molar-refractivity contribution in [3.63, 3.8) is 0 Å². The molecule has 0 fully saturated rings. The molecule has 0 spiro atoms. The van der Waals surface area contributed by atoms with Gasteiger partial charge in [-0.1, -0.05) is 42.5 Å². The van der Waals surface area contributed by atoms with E-state index in [0.29, 0.717) is 0 Å². The van der Waals surface area contributed by atoms with E-state index in [0.717, 1.165) is 28.1 Å². The SMILES string of the molecule is CNC1c2ccccc2N=C2c3ccccc3C(=O)C21. The molecule has 98 valence electrons. The third-order valence-corrected chi connectivity index (χ3v) is 4.20. The van der Waals surface area contributed by atoms with Crippen LogP contribution in [0.2, 0.25) is 0 Å². The Bertz CT molecular complexity index is 748. The predicted octanol–water partition coefficient (Wildman–Crippen LogP) is 2.89. The summed E-state index contributed by atoms with van der Waals surface area (Å²) < 4.78 is 0. The first-order valence-corrected chi connectivity index (χ1v) is 6.79. The summed E-state index contributed by atoms with van der Waals surface area (Å²) in [5, 5.41) is 3.30. The Hall–Kier alpha value is -2.26. The average molecular weight is 262 g/mol. The van der Waals surface area contributed by atoms with Crippen LogP contribution in [-0.2, 0) is 0 Å². The molecule has 1 aliphatic carbocycles. The van der Waals surface area contributed by atoms with Crippen LogP contribution in [0.5, 0.6) is 0 Å². The van der Waals surface area contributed by atoms with Gasteiger partial charge in [0.25, 0.3) is 0 Å². The van der Waals surface area contributed by atoms with E-state index in [1.165, 1.54) is 0 Å². The molecule has 0 saturated heterocycles. The van der Waals surface area contributed by atoms with Gasteiger partial charge < -0.3 is 5.32 Å². The second-order valence-corrected chi connectivity index (χ2v) is 5.21. The van der Waals surface area contributed by atoms with Gasteiger partial charge in [-0.2, -0.15) is 0 Å². The molecule has 20 heavy (non-hydrogen) atoms. The van der Waals surface area contributed by atoms with E-state index in [1.54, 1.807) is 0 Å². The van der Waals surface area contributed by atoms with Gasteiger partial charge in [0.1, 0.15) is 0 Å². The van der Waals surface area contributed by atoms with Gasteiger partial charge in [0.15, 0.2) is 5.78 Å². The summed E-state index contributed by atoms with van der Waals surface area (Å²) in [4.78, 5) is 17.4. The number of carbonyl (C=O) groups excluding carboxylic acids is 1. The summed E-state index contributed by atoms with van der Waals surface area (Å²) in [6.07, 6.45) is 0. The Labute approximate surface area is 117 Å². The van der Waals surface area contributed by atoms with E-state index in [2.05, 4.69) is 5.32 Å². The number of fused-ring (bicyclic) bond motifs is 4. The molecule has 0 radical (unpaired) electrons. The lowest BCUT2D eigenvalue weighted by Gasteiger charge is -2.28. The van der Waals surface area contributed by atoms with E-state index >= 15 is 0 Å². The number of Topliss-reactive ketones (excluding diaryl/α,β-unsaturated/α-hetero) is 1. The number of benzene rings is 2. The van der Waals surface area contributed by atoms with Crippen molar-refractivity contribution < 1.29 is 4.79 Å². The number of hydrogen-bond donors (Lipinski definition) is 1. The van der Waals surface area contributed by atoms with E-state index in [1.807, 2.05) is 55.6 Å². The molecule has 0 saturated carbocycles. The smallest absolute Gasteiger partial charge is 0.174 e. The fraction of sp³-hybridized carbons (Fsp3) is 0.176. The van der Waals surface area contributed by atoms with Crippen molar-refractivity contribution in [2.45, 2.75) is 6.04 Å². The molecule has 2 atom stereocenters. The topological polar surface area (TPSA) is 41.5 Å². The van der Waals surface area contributed by atoms with Gasteiger partial charge >= 0.3 is 0 Å².